The third-order valence-corrected chi connectivity index (χ3v) is 2.44. The fourth-order valence-electron chi connectivity index (χ4n) is 1.56. The summed E-state index contributed by atoms with van der Waals surface area (Å²) < 4.78 is 11.2. The van der Waals surface area contributed by atoms with Crippen LogP contribution in [0.5, 0.6) is 5.75 Å². The van der Waals surface area contributed by atoms with Crippen LogP contribution in [0, 0.1) is 5.41 Å². The van der Waals surface area contributed by atoms with Gasteiger partial charge in [0.15, 0.2) is 0 Å². The molecular formula is C11H15BO3. The number of rotatable bonds is 1. The van der Waals surface area contributed by atoms with Gasteiger partial charge in [0.25, 0.3) is 0 Å². The zero-order valence-electron chi connectivity index (χ0n) is 9.06. The van der Waals surface area contributed by atoms with Crippen molar-refractivity contribution in [2.75, 3.05) is 13.2 Å². The molecule has 0 bridgehead atoms. The molecule has 0 aliphatic carbocycles. The van der Waals surface area contributed by atoms with Gasteiger partial charge in [-0.15, -0.1) is 0 Å². The molecule has 3 nitrogen and oxygen atoms in total. The van der Waals surface area contributed by atoms with E-state index in [1.165, 1.54) is 0 Å². The summed E-state index contributed by atoms with van der Waals surface area (Å²) in [5.74, 6) is 0.224. The normalized spacial score (nSPS) is 20.3. The number of hydrogen-bond acceptors (Lipinski definition) is 3. The number of phenols is 1. The Morgan fingerprint density at radius 2 is 1.80 bits per heavy atom. The van der Waals surface area contributed by atoms with Gasteiger partial charge in [0, 0.05) is 24.1 Å². The highest BCUT2D eigenvalue weighted by Gasteiger charge is 2.34. The number of aromatic hydroxyl groups is 1. The third-order valence-electron chi connectivity index (χ3n) is 2.44. The summed E-state index contributed by atoms with van der Waals surface area (Å²) in [6.45, 7) is 5.47. The van der Waals surface area contributed by atoms with Crippen LogP contribution in [-0.4, -0.2) is 25.4 Å². The molecule has 0 amide bonds. The van der Waals surface area contributed by atoms with Crippen molar-refractivity contribution in [3.8, 4) is 5.75 Å². The number of para-hydroxylation sites is 1. The molecule has 1 heterocycles. The number of hydrogen-bond donors (Lipinski definition) is 1. The fourth-order valence-corrected chi connectivity index (χ4v) is 1.56. The molecule has 1 N–H and O–H groups in total. The van der Waals surface area contributed by atoms with Gasteiger partial charge in [-0.05, 0) is 6.07 Å². The monoisotopic (exact) mass is 206 g/mol. The Balaban J connectivity index is 2.11. The van der Waals surface area contributed by atoms with E-state index in [-0.39, 0.29) is 11.2 Å². The van der Waals surface area contributed by atoms with Crippen LogP contribution in [0.1, 0.15) is 13.8 Å². The maximum atomic E-state index is 9.63. The average molecular weight is 206 g/mol. The standard InChI is InChI=1S/C11H15BO3/c1-11(2)7-14-12(15-8-11)9-5-3-4-6-10(9)13/h3-6,13H,7-8H2,1-2H3. The van der Waals surface area contributed by atoms with Crippen molar-refractivity contribution in [2.24, 2.45) is 5.41 Å². The van der Waals surface area contributed by atoms with E-state index in [1.807, 2.05) is 12.1 Å². The van der Waals surface area contributed by atoms with Crippen molar-refractivity contribution in [2.45, 2.75) is 13.8 Å². The predicted octanol–water partition coefficient (Wildman–Crippen LogP) is 1.16. The van der Waals surface area contributed by atoms with Crippen LogP contribution in [0.25, 0.3) is 0 Å². The highest BCUT2D eigenvalue weighted by Crippen LogP contribution is 2.22. The SMILES string of the molecule is CC1(C)COB(c2ccccc2O)OC1. The van der Waals surface area contributed by atoms with Gasteiger partial charge in [-0.3, -0.25) is 0 Å². The highest BCUT2D eigenvalue weighted by molar-refractivity contribution is 6.62. The van der Waals surface area contributed by atoms with E-state index in [0.29, 0.717) is 18.7 Å². The van der Waals surface area contributed by atoms with Gasteiger partial charge in [-0.2, -0.15) is 0 Å². The second-order valence-electron chi connectivity index (χ2n) is 4.68. The quantitative estimate of drug-likeness (QED) is 0.700. The summed E-state index contributed by atoms with van der Waals surface area (Å²) in [7, 11) is -0.431. The van der Waals surface area contributed by atoms with Crippen molar-refractivity contribution in [3.63, 3.8) is 0 Å². The van der Waals surface area contributed by atoms with Crippen molar-refractivity contribution in [3.05, 3.63) is 24.3 Å². The third kappa shape index (κ3) is 2.33. The Morgan fingerprint density at radius 3 is 2.40 bits per heavy atom. The molecular weight excluding hydrogens is 191 g/mol. The first-order valence-electron chi connectivity index (χ1n) is 5.10. The lowest BCUT2D eigenvalue weighted by Gasteiger charge is -2.33. The minimum atomic E-state index is -0.431. The molecule has 2 rings (SSSR count). The topological polar surface area (TPSA) is 38.7 Å². The molecule has 0 unspecified atom stereocenters. The Labute approximate surface area is 90.2 Å². The second-order valence-corrected chi connectivity index (χ2v) is 4.68. The molecule has 4 heteroatoms. The van der Waals surface area contributed by atoms with E-state index in [1.54, 1.807) is 12.1 Å². The average Bonchev–Trinajstić information content (AvgIpc) is 2.19. The Bertz CT molecular complexity index is 341. The summed E-state index contributed by atoms with van der Waals surface area (Å²) in [4.78, 5) is 0. The fraction of sp³-hybridized carbons (Fsp3) is 0.455. The Hall–Kier alpha value is -0.995. The molecule has 1 aromatic carbocycles. The maximum Gasteiger partial charge on any atom is 0.497 e. The van der Waals surface area contributed by atoms with Crippen molar-refractivity contribution in [1.82, 2.24) is 0 Å². The van der Waals surface area contributed by atoms with Crippen LogP contribution in [0.15, 0.2) is 24.3 Å². The van der Waals surface area contributed by atoms with Crippen LogP contribution in [0.4, 0.5) is 0 Å². The van der Waals surface area contributed by atoms with Gasteiger partial charge in [-0.25, -0.2) is 0 Å². The summed E-state index contributed by atoms with van der Waals surface area (Å²) in [6.07, 6.45) is 0. The molecule has 1 aromatic rings. The van der Waals surface area contributed by atoms with Crippen molar-refractivity contribution >= 4 is 12.6 Å². The van der Waals surface area contributed by atoms with E-state index in [0.717, 1.165) is 0 Å². The summed E-state index contributed by atoms with van der Waals surface area (Å²) in [5, 5.41) is 9.63. The number of benzene rings is 1. The van der Waals surface area contributed by atoms with Crippen molar-refractivity contribution in [1.29, 1.82) is 0 Å². The second kappa shape index (κ2) is 3.87. The largest absolute Gasteiger partial charge is 0.508 e. The zero-order valence-corrected chi connectivity index (χ0v) is 9.06. The highest BCUT2D eigenvalue weighted by atomic mass is 16.6. The van der Waals surface area contributed by atoms with Crippen molar-refractivity contribution < 1.29 is 14.4 Å². The smallest absolute Gasteiger partial charge is 0.497 e. The van der Waals surface area contributed by atoms with E-state index in [2.05, 4.69) is 13.8 Å². The number of phenolic OH excluding ortho intramolecular Hbond substituents is 1. The first-order valence-corrected chi connectivity index (χ1v) is 5.10. The zero-order chi connectivity index (χ0) is 10.9. The first-order chi connectivity index (χ1) is 7.08. The van der Waals surface area contributed by atoms with Gasteiger partial charge in [0.1, 0.15) is 5.75 Å². The van der Waals surface area contributed by atoms with Gasteiger partial charge in [0.05, 0.1) is 0 Å². The Kier molecular flexibility index (Phi) is 2.71. The molecule has 0 spiro atoms. The van der Waals surface area contributed by atoms with Crippen LogP contribution in [-0.2, 0) is 9.31 Å². The molecule has 1 saturated heterocycles. The molecule has 0 atom stereocenters. The lowest BCUT2D eigenvalue weighted by molar-refractivity contribution is 0.0341. The molecule has 1 fully saturated rings. The summed E-state index contributed by atoms with van der Waals surface area (Å²) >= 11 is 0. The first kappa shape index (κ1) is 10.5. The molecule has 80 valence electrons. The molecule has 0 radical (unpaired) electrons. The minimum absolute atomic E-state index is 0.0564. The summed E-state index contributed by atoms with van der Waals surface area (Å²) in [5.41, 5.74) is 0.758. The lowest BCUT2D eigenvalue weighted by atomic mass is 9.75. The minimum Gasteiger partial charge on any atom is -0.508 e. The predicted molar refractivity (Wildman–Crippen MR) is 59.2 cm³/mol. The van der Waals surface area contributed by atoms with Crippen LogP contribution < -0.4 is 5.46 Å². The van der Waals surface area contributed by atoms with E-state index < -0.39 is 7.12 Å². The molecule has 0 aromatic heterocycles. The molecule has 15 heavy (non-hydrogen) atoms. The van der Waals surface area contributed by atoms with Gasteiger partial charge in [0.2, 0.25) is 0 Å². The van der Waals surface area contributed by atoms with E-state index in [4.69, 9.17) is 9.31 Å². The summed E-state index contributed by atoms with van der Waals surface area (Å²) in [6, 6.07) is 7.10. The van der Waals surface area contributed by atoms with Gasteiger partial charge in [-0.1, -0.05) is 32.0 Å². The lowest BCUT2D eigenvalue weighted by Crippen LogP contribution is -2.47. The van der Waals surface area contributed by atoms with E-state index >= 15 is 0 Å². The van der Waals surface area contributed by atoms with Crippen LogP contribution in [0.2, 0.25) is 0 Å². The molecule has 0 saturated carbocycles. The Morgan fingerprint density at radius 1 is 1.20 bits per heavy atom. The van der Waals surface area contributed by atoms with Crippen LogP contribution in [0.3, 0.4) is 0 Å². The maximum absolute atomic E-state index is 9.63. The molecule has 1 aliphatic heterocycles. The van der Waals surface area contributed by atoms with Gasteiger partial charge >= 0.3 is 7.12 Å². The van der Waals surface area contributed by atoms with E-state index in [9.17, 15) is 5.11 Å². The molecule has 1 aliphatic rings. The van der Waals surface area contributed by atoms with Crippen LogP contribution >= 0.6 is 0 Å². The van der Waals surface area contributed by atoms with Gasteiger partial charge < -0.3 is 14.4 Å².